The minimum Gasteiger partial charge on any atom is -0.387 e. The molecule has 1 aromatic rings. The second-order valence-electron chi connectivity index (χ2n) is 2.02. The molecule has 0 atom stereocenters. The minimum absolute atomic E-state index is 0.338. The Morgan fingerprint density at radius 2 is 1.91 bits per heavy atom. The van der Waals surface area contributed by atoms with E-state index >= 15 is 0 Å². The molecular weight excluding hydrogens is 162 g/mol. The van der Waals surface area contributed by atoms with Crippen molar-refractivity contribution in [1.82, 2.24) is 0 Å². The average molecular weight is 171 g/mol. The van der Waals surface area contributed by atoms with Gasteiger partial charge in [-0.3, -0.25) is 0 Å². The van der Waals surface area contributed by atoms with Crippen molar-refractivity contribution in [2.75, 3.05) is 12.4 Å². The number of thiol groups is 1. The molecule has 4 heteroatoms. The van der Waals surface area contributed by atoms with E-state index in [4.69, 9.17) is 0 Å². The Labute approximate surface area is 67.0 Å². The van der Waals surface area contributed by atoms with Gasteiger partial charge in [0, 0.05) is 7.05 Å². The maximum atomic E-state index is 10.6. The third kappa shape index (κ3) is 1.71. The molecule has 60 valence electrons. The van der Waals surface area contributed by atoms with Gasteiger partial charge in [0.25, 0.3) is 0 Å². The van der Waals surface area contributed by atoms with Crippen molar-refractivity contribution < 1.29 is 8.42 Å². The zero-order valence-corrected chi connectivity index (χ0v) is 6.97. The highest BCUT2D eigenvalue weighted by Gasteiger charge is 1.99. The van der Waals surface area contributed by atoms with Crippen LogP contribution in [-0.4, -0.2) is 15.5 Å². The molecule has 0 fully saturated rings. The van der Waals surface area contributed by atoms with Crippen molar-refractivity contribution in [2.24, 2.45) is 0 Å². The molecule has 0 unspecified atom stereocenters. The molecule has 0 aliphatic rings. The normalized spacial score (nSPS) is 10.0. The third-order valence-electron chi connectivity index (χ3n) is 1.37. The molecular formula is C7H9NO2S. The molecule has 11 heavy (non-hydrogen) atoms. The predicted molar refractivity (Wildman–Crippen MR) is 44.6 cm³/mol. The largest absolute Gasteiger partial charge is 0.387 e. The molecule has 0 aromatic heterocycles. The highest BCUT2D eigenvalue weighted by atomic mass is 32.2. The summed E-state index contributed by atoms with van der Waals surface area (Å²) in [6.07, 6.45) is 0. The van der Waals surface area contributed by atoms with Gasteiger partial charge in [-0.2, -0.15) is 0 Å². The Morgan fingerprint density at radius 1 is 1.27 bits per heavy atom. The second-order valence-corrected chi connectivity index (χ2v) is 3.02. The summed E-state index contributed by atoms with van der Waals surface area (Å²) in [6, 6.07) is 6.77. The maximum Gasteiger partial charge on any atom is 0.170 e. The van der Waals surface area contributed by atoms with E-state index < -0.39 is 10.7 Å². The van der Waals surface area contributed by atoms with E-state index in [1.54, 1.807) is 31.3 Å². The lowest BCUT2D eigenvalue weighted by molar-refractivity contribution is 0.615. The van der Waals surface area contributed by atoms with Crippen molar-refractivity contribution in [2.45, 2.75) is 4.90 Å². The number of hydrogen-bond donors (Lipinski definition) is 2. The fourth-order valence-corrected chi connectivity index (χ4v) is 1.44. The molecule has 1 N–H and O–H groups in total. The lowest BCUT2D eigenvalue weighted by Crippen LogP contribution is -1.92. The van der Waals surface area contributed by atoms with E-state index in [2.05, 4.69) is 5.32 Å². The Bertz CT molecular complexity index is 312. The highest BCUT2D eigenvalue weighted by molar-refractivity contribution is 7.72. The van der Waals surface area contributed by atoms with Crippen molar-refractivity contribution in [3.05, 3.63) is 24.3 Å². The van der Waals surface area contributed by atoms with Crippen LogP contribution in [0.25, 0.3) is 0 Å². The summed E-state index contributed by atoms with van der Waals surface area (Å²) in [4.78, 5) is 0.338. The van der Waals surface area contributed by atoms with Crippen molar-refractivity contribution >= 4 is 16.4 Å². The number of anilines is 1. The number of rotatable bonds is 2. The van der Waals surface area contributed by atoms with Crippen molar-refractivity contribution in [3.8, 4) is 0 Å². The molecule has 3 nitrogen and oxygen atoms in total. The summed E-state index contributed by atoms with van der Waals surface area (Å²) in [5.41, 5.74) is 0.642. The SMILES string of the molecule is CNc1ccccc1[SH](=O)=O. The van der Waals surface area contributed by atoms with Crippen LogP contribution < -0.4 is 5.32 Å². The first-order valence-electron chi connectivity index (χ1n) is 3.17. The fraction of sp³-hybridized carbons (Fsp3) is 0.143. The van der Waals surface area contributed by atoms with Crippen LogP contribution in [0.15, 0.2) is 29.2 Å². The van der Waals surface area contributed by atoms with Crippen molar-refractivity contribution in [3.63, 3.8) is 0 Å². The van der Waals surface area contributed by atoms with Gasteiger partial charge in [0.1, 0.15) is 0 Å². The van der Waals surface area contributed by atoms with E-state index in [1.807, 2.05) is 0 Å². The lowest BCUT2D eigenvalue weighted by atomic mass is 10.3. The van der Waals surface area contributed by atoms with E-state index in [0.29, 0.717) is 10.6 Å². The molecule has 0 spiro atoms. The zero-order chi connectivity index (χ0) is 8.27. The van der Waals surface area contributed by atoms with Gasteiger partial charge < -0.3 is 5.32 Å². The molecule has 0 bridgehead atoms. The number of benzene rings is 1. The smallest absolute Gasteiger partial charge is 0.170 e. The first-order valence-corrected chi connectivity index (χ1v) is 4.34. The Balaban J connectivity index is 3.23. The fourth-order valence-electron chi connectivity index (χ4n) is 0.844. The molecule has 1 rings (SSSR count). The van der Waals surface area contributed by atoms with Crippen molar-refractivity contribution in [1.29, 1.82) is 0 Å². The summed E-state index contributed by atoms with van der Waals surface area (Å²) >= 11 is 0. The molecule has 0 saturated carbocycles. The van der Waals surface area contributed by atoms with Crippen LogP contribution in [0.4, 0.5) is 5.69 Å². The molecule has 0 amide bonds. The van der Waals surface area contributed by atoms with Crippen LogP contribution in [0.5, 0.6) is 0 Å². The lowest BCUT2D eigenvalue weighted by Gasteiger charge is -2.00. The molecule has 0 radical (unpaired) electrons. The van der Waals surface area contributed by atoms with Gasteiger partial charge in [-0.05, 0) is 12.1 Å². The average Bonchev–Trinajstić information content (AvgIpc) is 2.04. The van der Waals surface area contributed by atoms with Gasteiger partial charge in [0.15, 0.2) is 10.7 Å². The summed E-state index contributed by atoms with van der Waals surface area (Å²) < 4.78 is 21.2. The standard InChI is InChI=1S/C7H9NO2S/c1-8-6-4-2-3-5-7(6)11(9)10/h2-5,8,11H,1H3. The van der Waals surface area contributed by atoms with Crippen LogP contribution in [-0.2, 0) is 10.7 Å². The first-order chi connectivity index (χ1) is 5.25. The molecule has 1 aromatic carbocycles. The highest BCUT2D eigenvalue weighted by Crippen LogP contribution is 2.14. The van der Waals surface area contributed by atoms with Crippen LogP contribution >= 0.6 is 0 Å². The van der Waals surface area contributed by atoms with Gasteiger partial charge in [-0.1, -0.05) is 12.1 Å². The number of hydrogen-bond acceptors (Lipinski definition) is 3. The zero-order valence-electron chi connectivity index (χ0n) is 6.07. The summed E-state index contributed by atoms with van der Waals surface area (Å²) in [5.74, 6) is 0. The third-order valence-corrected chi connectivity index (χ3v) is 2.15. The Hall–Kier alpha value is -1.03. The number of nitrogens with one attached hydrogen (secondary N) is 1. The second kappa shape index (κ2) is 3.39. The van der Waals surface area contributed by atoms with Crippen LogP contribution in [0, 0.1) is 0 Å². The maximum absolute atomic E-state index is 10.6. The first kappa shape index (κ1) is 8.07. The van der Waals surface area contributed by atoms with E-state index in [-0.39, 0.29) is 0 Å². The summed E-state index contributed by atoms with van der Waals surface area (Å²) in [7, 11) is -0.793. The summed E-state index contributed by atoms with van der Waals surface area (Å²) in [6.45, 7) is 0. The molecule has 0 aliphatic carbocycles. The topological polar surface area (TPSA) is 46.2 Å². The summed E-state index contributed by atoms with van der Waals surface area (Å²) in [5, 5.41) is 2.79. The van der Waals surface area contributed by atoms with Crippen LogP contribution in [0.2, 0.25) is 0 Å². The van der Waals surface area contributed by atoms with Gasteiger partial charge in [0.05, 0.1) is 10.6 Å². The van der Waals surface area contributed by atoms with E-state index in [1.165, 1.54) is 0 Å². The Morgan fingerprint density at radius 3 is 2.36 bits per heavy atom. The number of para-hydroxylation sites is 1. The molecule has 0 aliphatic heterocycles. The minimum atomic E-state index is -2.48. The van der Waals surface area contributed by atoms with Crippen LogP contribution in [0.3, 0.4) is 0 Å². The van der Waals surface area contributed by atoms with E-state index in [9.17, 15) is 8.42 Å². The van der Waals surface area contributed by atoms with Gasteiger partial charge in [0.2, 0.25) is 0 Å². The van der Waals surface area contributed by atoms with Gasteiger partial charge >= 0.3 is 0 Å². The quantitative estimate of drug-likeness (QED) is 0.644. The predicted octanol–water partition coefficient (Wildman–Crippen LogP) is 0.699. The Kier molecular flexibility index (Phi) is 2.48. The molecule has 0 heterocycles. The monoisotopic (exact) mass is 171 g/mol. The van der Waals surface area contributed by atoms with Gasteiger partial charge in [-0.25, -0.2) is 8.42 Å². The molecule has 0 saturated heterocycles. The van der Waals surface area contributed by atoms with E-state index in [0.717, 1.165) is 0 Å². The van der Waals surface area contributed by atoms with Crippen LogP contribution in [0.1, 0.15) is 0 Å². The van der Waals surface area contributed by atoms with Gasteiger partial charge in [-0.15, -0.1) is 0 Å².